The molecule has 0 aliphatic carbocycles. The number of hydrogen-bond donors (Lipinski definition) is 2. The van der Waals surface area contributed by atoms with E-state index < -0.39 is 17.6 Å². The standard InChI is InChI=1S/C22H17F3N4O3/c1-31-16-7-5-13(6-8-16)20-27-19(28-29-20)12-26-21(30)18-10-9-17(32-18)14-3-2-4-15(11-14)22(23,24)25/h2-11H,12H2,1H3,(H,26,30)(H,27,28,29). The van der Waals surface area contributed by atoms with E-state index in [9.17, 15) is 18.0 Å². The molecule has 32 heavy (non-hydrogen) atoms. The Hall–Kier alpha value is -4.08. The Kier molecular flexibility index (Phi) is 5.67. The van der Waals surface area contributed by atoms with E-state index in [1.165, 1.54) is 24.3 Å². The number of ether oxygens (including phenoxy) is 1. The number of methoxy groups -OCH3 is 1. The average molecular weight is 442 g/mol. The predicted molar refractivity (Wildman–Crippen MR) is 109 cm³/mol. The summed E-state index contributed by atoms with van der Waals surface area (Å²) in [4.78, 5) is 16.7. The van der Waals surface area contributed by atoms with Crippen molar-refractivity contribution in [2.24, 2.45) is 0 Å². The van der Waals surface area contributed by atoms with Crippen molar-refractivity contribution < 1.29 is 27.1 Å². The highest BCUT2D eigenvalue weighted by atomic mass is 19.4. The maximum absolute atomic E-state index is 12.9. The topological polar surface area (TPSA) is 93.0 Å². The predicted octanol–water partition coefficient (Wildman–Crippen LogP) is 4.69. The van der Waals surface area contributed by atoms with E-state index in [1.54, 1.807) is 19.2 Å². The molecule has 0 unspecified atom stereocenters. The first kappa shape index (κ1) is 21.2. The van der Waals surface area contributed by atoms with Gasteiger partial charge in [0.25, 0.3) is 5.91 Å². The van der Waals surface area contributed by atoms with Crippen molar-refractivity contribution in [3.05, 3.63) is 77.8 Å². The summed E-state index contributed by atoms with van der Waals surface area (Å²) in [6, 6.07) is 14.7. The number of nitrogens with zero attached hydrogens (tertiary/aromatic N) is 2. The van der Waals surface area contributed by atoms with Gasteiger partial charge in [-0.15, -0.1) is 0 Å². The summed E-state index contributed by atoms with van der Waals surface area (Å²) in [5, 5.41) is 9.50. The highest BCUT2D eigenvalue weighted by molar-refractivity contribution is 5.92. The summed E-state index contributed by atoms with van der Waals surface area (Å²) in [6.45, 7) is 0.0571. The fourth-order valence-corrected chi connectivity index (χ4v) is 2.96. The number of aromatic amines is 1. The molecule has 0 spiro atoms. The minimum absolute atomic E-state index is 0.0349. The van der Waals surface area contributed by atoms with E-state index in [2.05, 4.69) is 20.5 Å². The molecule has 1 amide bonds. The van der Waals surface area contributed by atoms with Gasteiger partial charge in [-0.05, 0) is 48.5 Å². The number of benzene rings is 2. The van der Waals surface area contributed by atoms with Crippen LogP contribution in [0.2, 0.25) is 0 Å². The summed E-state index contributed by atoms with van der Waals surface area (Å²) in [5.74, 6) is 1.18. The van der Waals surface area contributed by atoms with Crippen LogP contribution in [0, 0.1) is 0 Å². The van der Waals surface area contributed by atoms with E-state index in [0.29, 0.717) is 17.4 Å². The summed E-state index contributed by atoms with van der Waals surface area (Å²) < 4.78 is 49.3. The Morgan fingerprint density at radius 3 is 2.59 bits per heavy atom. The lowest BCUT2D eigenvalue weighted by molar-refractivity contribution is -0.137. The molecule has 0 fully saturated rings. The van der Waals surface area contributed by atoms with Crippen molar-refractivity contribution in [1.29, 1.82) is 0 Å². The van der Waals surface area contributed by atoms with Crippen molar-refractivity contribution in [3.8, 4) is 28.5 Å². The molecule has 0 aliphatic rings. The van der Waals surface area contributed by atoms with Gasteiger partial charge < -0.3 is 14.5 Å². The lowest BCUT2D eigenvalue weighted by Crippen LogP contribution is -2.22. The number of hydrogen-bond acceptors (Lipinski definition) is 5. The van der Waals surface area contributed by atoms with Crippen LogP contribution in [0.15, 0.2) is 65.1 Å². The Labute approximate surface area is 180 Å². The third-order valence-corrected chi connectivity index (χ3v) is 4.60. The summed E-state index contributed by atoms with van der Waals surface area (Å²) in [6.07, 6.45) is -4.47. The molecule has 4 aromatic rings. The third kappa shape index (κ3) is 4.64. The first-order chi connectivity index (χ1) is 15.3. The quantitative estimate of drug-likeness (QED) is 0.452. The SMILES string of the molecule is COc1ccc(-c2n[nH]c(CNC(=O)c3ccc(-c4cccc(C(F)(F)F)c4)o3)n2)cc1. The number of carbonyl (C=O) groups excluding carboxylic acids is 1. The van der Waals surface area contributed by atoms with Crippen molar-refractivity contribution >= 4 is 5.91 Å². The zero-order valence-corrected chi connectivity index (χ0v) is 16.7. The Morgan fingerprint density at radius 1 is 1.09 bits per heavy atom. The van der Waals surface area contributed by atoms with Gasteiger partial charge in [0.1, 0.15) is 17.3 Å². The minimum Gasteiger partial charge on any atom is -0.497 e. The van der Waals surface area contributed by atoms with Crippen molar-refractivity contribution in [1.82, 2.24) is 20.5 Å². The molecule has 7 nitrogen and oxygen atoms in total. The van der Waals surface area contributed by atoms with Crippen LogP contribution in [0.1, 0.15) is 21.9 Å². The molecule has 164 valence electrons. The van der Waals surface area contributed by atoms with E-state index in [4.69, 9.17) is 9.15 Å². The molecule has 0 atom stereocenters. The van der Waals surface area contributed by atoms with Crippen molar-refractivity contribution in [2.75, 3.05) is 7.11 Å². The highest BCUT2D eigenvalue weighted by Gasteiger charge is 2.30. The van der Waals surface area contributed by atoms with E-state index in [-0.39, 0.29) is 23.6 Å². The molecule has 4 rings (SSSR count). The smallest absolute Gasteiger partial charge is 0.416 e. The van der Waals surface area contributed by atoms with E-state index in [0.717, 1.165) is 17.7 Å². The van der Waals surface area contributed by atoms with Gasteiger partial charge in [-0.3, -0.25) is 9.89 Å². The number of nitrogens with one attached hydrogen (secondary N) is 2. The molecule has 0 radical (unpaired) electrons. The van der Waals surface area contributed by atoms with Gasteiger partial charge >= 0.3 is 6.18 Å². The monoisotopic (exact) mass is 442 g/mol. The number of furan rings is 1. The summed E-state index contributed by atoms with van der Waals surface area (Å²) in [7, 11) is 1.57. The minimum atomic E-state index is -4.47. The molecule has 2 heterocycles. The van der Waals surface area contributed by atoms with Gasteiger partial charge in [0.2, 0.25) is 0 Å². The second-order valence-corrected chi connectivity index (χ2v) is 6.76. The molecule has 0 bridgehead atoms. The van der Waals surface area contributed by atoms with Gasteiger partial charge in [0, 0.05) is 11.1 Å². The first-order valence-corrected chi connectivity index (χ1v) is 9.45. The maximum Gasteiger partial charge on any atom is 0.416 e. The number of carbonyl (C=O) groups is 1. The molecule has 2 N–H and O–H groups in total. The van der Waals surface area contributed by atoms with Gasteiger partial charge in [-0.2, -0.15) is 18.3 Å². The fraction of sp³-hybridized carbons (Fsp3) is 0.136. The van der Waals surface area contributed by atoms with Crippen LogP contribution in [0.5, 0.6) is 5.75 Å². The van der Waals surface area contributed by atoms with Crippen LogP contribution in [0.25, 0.3) is 22.7 Å². The average Bonchev–Trinajstić information content (AvgIpc) is 3.47. The van der Waals surface area contributed by atoms with Crippen molar-refractivity contribution in [2.45, 2.75) is 12.7 Å². The molecule has 0 aliphatic heterocycles. The summed E-state index contributed by atoms with van der Waals surface area (Å²) >= 11 is 0. The molecular weight excluding hydrogens is 425 g/mol. The van der Waals surface area contributed by atoms with E-state index >= 15 is 0 Å². The van der Waals surface area contributed by atoms with Crippen LogP contribution in [-0.4, -0.2) is 28.2 Å². The summed E-state index contributed by atoms with van der Waals surface area (Å²) in [5.41, 5.74) is 0.199. The van der Waals surface area contributed by atoms with Gasteiger partial charge in [-0.1, -0.05) is 12.1 Å². The van der Waals surface area contributed by atoms with Crippen LogP contribution in [0.3, 0.4) is 0 Å². The number of rotatable bonds is 6. The second-order valence-electron chi connectivity index (χ2n) is 6.76. The fourth-order valence-electron chi connectivity index (χ4n) is 2.96. The molecule has 0 saturated carbocycles. The Bertz CT molecular complexity index is 1230. The van der Waals surface area contributed by atoms with Crippen LogP contribution >= 0.6 is 0 Å². The Morgan fingerprint density at radius 2 is 1.88 bits per heavy atom. The number of amides is 1. The molecule has 0 saturated heterocycles. The van der Waals surface area contributed by atoms with Crippen LogP contribution in [0.4, 0.5) is 13.2 Å². The third-order valence-electron chi connectivity index (χ3n) is 4.60. The van der Waals surface area contributed by atoms with Gasteiger partial charge in [-0.25, -0.2) is 4.98 Å². The lowest BCUT2D eigenvalue weighted by atomic mass is 10.1. The zero-order chi connectivity index (χ0) is 22.7. The number of halogens is 3. The molecule has 2 aromatic heterocycles. The highest BCUT2D eigenvalue weighted by Crippen LogP contribution is 2.32. The number of aromatic nitrogens is 3. The molecular formula is C22H17F3N4O3. The largest absolute Gasteiger partial charge is 0.497 e. The normalized spacial score (nSPS) is 11.4. The first-order valence-electron chi connectivity index (χ1n) is 9.45. The lowest BCUT2D eigenvalue weighted by Gasteiger charge is -2.07. The Balaban J connectivity index is 1.40. The molecule has 10 heteroatoms. The van der Waals surface area contributed by atoms with Gasteiger partial charge in [0.15, 0.2) is 11.6 Å². The number of alkyl halides is 3. The van der Waals surface area contributed by atoms with Crippen molar-refractivity contribution in [3.63, 3.8) is 0 Å². The van der Waals surface area contributed by atoms with Gasteiger partial charge in [0.05, 0.1) is 19.2 Å². The molecule has 2 aromatic carbocycles. The maximum atomic E-state index is 12.9. The number of H-pyrrole nitrogens is 1. The van der Waals surface area contributed by atoms with Crippen LogP contribution in [-0.2, 0) is 12.7 Å². The van der Waals surface area contributed by atoms with E-state index in [1.807, 2.05) is 12.1 Å². The zero-order valence-electron chi connectivity index (χ0n) is 16.7. The second kappa shape index (κ2) is 8.58. The van der Waals surface area contributed by atoms with Crippen LogP contribution < -0.4 is 10.1 Å².